The van der Waals surface area contributed by atoms with Gasteiger partial charge < -0.3 is 4.42 Å². The van der Waals surface area contributed by atoms with Gasteiger partial charge in [-0.15, -0.1) is 0 Å². The molecule has 3 nitrogen and oxygen atoms in total. The van der Waals surface area contributed by atoms with Gasteiger partial charge in [0.25, 0.3) is 0 Å². The number of para-hydroxylation sites is 1. The fraction of sp³-hybridized carbons (Fsp3) is 0. The van der Waals surface area contributed by atoms with Crippen LogP contribution < -0.4 is 0 Å². The Hall–Kier alpha value is -2.30. The summed E-state index contributed by atoms with van der Waals surface area (Å²) in [6.45, 7) is 0. The van der Waals surface area contributed by atoms with E-state index < -0.39 is 0 Å². The lowest BCUT2D eigenvalue weighted by atomic mass is 10.1. The molecule has 5 heteroatoms. The zero-order valence-electron chi connectivity index (χ0n) is 12.3. The molecule has 24 heavy (non-hydrogen) atoms. The smallest absolute Gasteiger partial charge is 0.137 e. The van der Waals surface area contributed by atoms with Crippen molar-refractivity contribution in [3.05, 3.63) is 70.4 Å². The summed E-state index contributed by atoms with van der Waals surface area (Å²) in [7, 11) is 0. The van der Waals surface area contributed by atoms with Crippen LogP contribution in [0.3, 0.4) is 0 Å². The molecule has 116 valence electrons. The van der Waals surface area contributed by atoms with Gasteiger partial charge in [-0.3, -0.25) is 4.57 Å². The second kappa shape index (κ2) is 5.10. The maximum Gasteiger partial charge on any atom is 0.137 e. The van der Waals surface area contributed by atoms with Crippen LogP contribution in [0.25, 0.3) is 38.7 Å². The number of fused-ring (bicyclic) bond motifs is 5. The van der Waals surface area contributed by atoms with Crippen LogP contribution in [0.5, 0.6) is 0 Å². The van der Waals surface area contributed by atoms with Crippen LogP contribution in [0, 0.1) is 0 Å². The predicted octanol–water partition coefficient (Wildman–Crippen LogP) is 6.34. The van der Waals surface area contributed by atoms with Crippen LogP contribution in [0.15, 0.2) is 69.8 Å². The van der Waals surface area contributed by atoms with Gasteiger partial charge in [0, 0.05) is 9.86 Å². The fourth-order valence-electron chi connectivity index (χ4n) is 3.16. The van der Waals surface area contributed by atoms with Crippen molar-refractivity contribution in [3.8, 4) is 5.69 Å². The van der Waals surface area contributed by atoms with Gasteiger partial charge in [0.1, 0.15) is 23.0 Å². The molecular weight excluding hydrogens is 388 g/mol. The molecule has 0 spiro atoms. The summed E-state index contributed by atoms with van der Waals surface area (Å²) in [4.78, 5) is 4.65. The van der Waals surface area contributed by atoms with Crippen LogP contribution in [0.1, 0.15) is 0 Å². The van der Waals surface area contributed by atoms with Crippen LogP contribution >= 0.6 is 27.5 Å². The molecule has 3 aromatic carbocycles. The average Bonchev–Trinajstić information content (AvgIpc) is 3.18. The van der Waals surface area contributed by atoms with Crippen molar-refractivity contribution in [1.29, 1.82) is 0 Å². The molecule has 0 aliphatic heterocycles. The van der Waals surface area contributed by atoms with Crippen molar-refractivity contribution in [3.63, 3.8) is 0 Å². The molecule has 0 N–H and O–H groups in total. The number of furan rings is 1. The minimum Gasteiger partial charge on any atom is -0.456 e. The Morgan fingerprint density at radius 2 is 1.83 bits per heavy atom. The Balaban J connectivity index is 1.90. The van der Waals surface area contributed by atoms with E-state index in [0.29, 0.717) is 5.02 Å². The molecule has 0 aliphatic carbocycles. The molecule has 0 atom stereocenters. The molecule has 2 heterocycles. The number of imidazole rings is 1. The number of halogens is 2. The highest BCUT2D eigenvalue weighted by molar-refractivity contribution is 9.10. The van der Waals surface area contributed by atoms with E-state index in [1.54, 1.807) is 6.33 Å². The predicted molar refractivity (Wildman–Crippen MR) is 101 cm³/mol. The number of nitrogens with zero attached hydrogens (tertiary/aromatic N) is 2. The third kappa shape index (κ3) is 1.87. The normalized spacial score (nSPS) is 11.8. The van der Waals surface area contributed by atoms with Gasteiger partial charge in [-0.25, -0.2) is 4.98 Å². The highest BCUT2D eigenvalue weighted by atomic mass is 79.9. The SMILES string of the molecule is Clc1c(Br)cccc1-n1cnc2c3c(ccc21)oc1ccccc13. The quantitative estimate of drug-likeness (QED) is 0.330. The highest BCUT2D eigenvalue weighted by Gasteiger charge is 2.15. The Morgan fingerprint density at radius 1 is 0.958 bits per heavy atom. The summed E-state index contributed by atoms with van der Waals surface area (Å²) in [5.41, 5.74) is 4.51. The van der Waals surface area contributed by atoms with Gasteiger partial charge in [-0.1, -0.05) is 35.9 Å². The van der Waals surface area contributed by atoms with Crippen molar-refractivity contribution in [1.82, 2.24) is 9.55 Å². The average molecular weight is 398 g/mol. The second-order valence-electron chi connectivity index (χ2n) is 5.59. The molecule has 0 aliphatic rings. The van der Waals surface area contributed by atoms with Crippen LogP contribution in [0.2, 0.25) is 5.02 Å². The van der Waals surface area contributed by atoms with Crippen LogP contribution in [-0.2, 0) is 0 Å². The minimum atomic E-state index is 0.661. The molecule has 0 unspecified atom stereocenters. The van der Waals surface area contributed by atoms with E-state index in [1.165, 1.54) is 0 Å². The first kappa shape index (κ1) is 14.1. The van der Waals surface area contributed by atoms with Crippen molar-refractivity contribution in [2.24, 2.45) is 0 Å². The first-order valence-corrected chi connectivity index (χ1v) is 8.63. The monoisotopic (exact) mass is 396 g/mol. The lowest BCUT2D eigenvalue weighted by Crippen LogP contribution is -1.93. The van der Waals surface area contributed by atoms with Gasteiger partial charge in [-0.2, -0.15) is 0 Å². The van der Waals surface area contributed by atoms with E-state index in [-0.39, 0.29) is 0 Å². The molecule has 0 bridgehead atoms. The zero-order valence-corrected chi connectivity index (χ0v) is 14.7. The Bertz CT molecular complexity index is 1240. The van der Waals surface area contributed by atoms with E-state index in [2.05, 4.69) is 27.0 Å². The van der Waals surface area contributed by atoms with Crippen LogP contribution in [0.4, 0.5) is 0 Å². The largest absolute Gasteiger partial charge is 0.456 e. The Kier molecular flexibility index (Phi) is 2.99. The molecule has 5 rings (SSSR count). The molecule has 5 aromatic rings. The fourth-order valence-corrected chi connectivity index (χ4v) is 3.73. The lowest BCUT2D eigenvalue weighted by molar-refractivity contribution is 0.669. The van der Waals surface area contributed by atoms with Crippen LogP contribution in [-0.4, -0.2) is 9.55 Å². The number of rotatable bonds is 1. The topological polar surface area (TPSA) is 31.0 Å². The first-order chi connectivity index (χ1) is 11.7. The number of hydrogen-bond acceptors (Lipinski definition) is 2. The van der Waals surface area contributed by atoms with E-state index in [0.717, 1.165) is 43.1 Å². The van der Waals surface area contributed by atoms with Gasteiger partial charge in [0.2, 0.25) is 0 Å². The molecule has 0 amide bonds. The standard InChI is InChI=1S/C19H10BrClN2O/c20-12-5-3-6-13(18(12)21)23-10-22-19-14(23)8-9-16-17(19)11-4-1-2-7-15(11)24-16/h1-10H. The molecule has 0 fully saturated rings. The van der Waals surface area contributed by atoms with Gasteiger partial charge in [-0.05, 0) is 46.3 Å². The number of benzene rings is 3. The molecule has 2 aromatic heterocycles. The summed E-state index contributed by atoms with van der Waals surface area (Å²) in [5, 5.41) is 2.77. The summed E-state index contributed by atoms with van der Waals surface area (Å²) in [5.74, 6) is 0. The maximum absolute atomic E-state index is 6.46. The highest BCUT2D eigenvalue weighted by Crippen LogP contribution is 2.36. The van der Waals surface area contributed by atoms with E-state index in [9.17, 15) is 0 Å². The van der Waals surface area contributed by atoms with Gasteiger partial charge in [0.15, 0.2) is 0 Å². The van der Waals surface area contributed by atoms with Crippen molar-refractivity contribution in [2.75, 3.05) is 0 Å². The summed E-state index contributed by atoms with van der Waals surface area (Å²) < 4.78 is 8.80. The van der Waals surface area contributed by atoms with E-state index in [4.69, 9.17) is 16.0 Å². The Labute approximate surface area is 150 Å². The third-order valence-electron chi connectivity index (χ3n) is 4.25. The Morgan fingerprint density at radius 3 is 2.75 bits per heavy atom. The lowest BCUT2D eigenvalue weighted by Gasteiger charge is -2.08. The zero-order chi connectivity index (χ0) is 16.3. The molecule has 0 saturated heterocycles. The third-order valence-corrected chi connectivity index (χ3v) is 5.53. The van der Waals surface area contributed by atoms with Gasteiger partial charge in [0.05, 0.1) is 21.6 Å². The molecule has 0 saturated carbocycles. The van der Waals surface area contributed by atoms with Crippen molar-refractivity contribution < 1.29 is 4.42 Å². The second-order valence-corrected chi connectivity index (χ2v) is 6.82. The van der Waals surface area contributed by atoms with Crippen molar-refractivity contribution in [2.45, 2.75) is 0 Å². The summed E-state index contributed by atoms with van der Waals surface area (Å²) in [6.07, 6.45) is 1.81. The molecular formula is C19H10BrClN2O. The number of aromatic nitrogens is 2. The molecule has 0 radical (unpaired) electrons. The van der Waals surface area contributed by atoms with E-state index >= 15 is 0 Å². The number of hydrogen-bond donors (Lipinski definition) is 0. The summed E-state index contributed by atoms with van der Waals surface area (Å²) >= 11 is 9.94. The minimum absolute atomic E-state index is 0.661. The maximum atomic E-state index is 6.46. The summed E-state index contributed by atoms with van der Waals surface area (Å²) in [6, 6.07) is 17.9. The van der Waals surface area contributed by atoms with Crippen molar-refractivity contribution >= 4 is 60.5 Å². The van der Waals surface area contributed by atoms with E-state index in [1.807, 2.05) is 53.1 Å². The first-order valence-electron chi connectivity index (χ1n) is 7.46. The van der Waals surface area contributed by atoms with Gasteiger partial charge >= 0.3 is 0 Å².